The second-order valence-corrected chi connectivity index (χ2v) is 7.87. The minimum Gasteiger partial charge on any atom is -0.361 e. The van der Waals surface area contributed by atoms with Crippen molar-refractivity contribution in [2.75, 3.05) is 0 Å². The van der Waals surface area contributed by atoms with Gasteiger partial charge in [-0.05, 0) is 28.8 Å². The van der Waals surface area contributed by atoms with Gasteiger partial charge in [0.15, 0.2) is 0 Å². The molecule has 0 amide bonds. The minimum absolute atomic E-state index is 1.03. The number of H-pyrrole nitrogens is 1. The molecule has 1 nitrogen and oxygen atoms in total. The molecule has 1 N–H and O–H groups in total. The van der Waals surface area contributed by atoms with E-state index >= 15 is 0 Å². The van der Waals surface area contributed by atoms with Crippen LogP contribution in [0.4, 0.5) is 0 Å². The summed E-state index contributed by atoms with van der Waals surface area (Å²) in [5, 5.41) is 3.86. The lowest BCUT2D eigenvalue weighted by molar-refractivity contribution is 1.47. The summed E-state index contributed by atoms with van der Waals surface area (Å²) in [7, 11) is 0. The van der Waals surface area contributed by atoms with Crippen LogP contribution in [-0.4, -0.2) is 4.98 Å². The van der Waals surface area contributed by atoms with Crippen molar-refractivity contribution >= 4 is 54.1 Å². The fourth-order valence-corrected chi connectivity index (χ4v) is 4.90. The molecule has 0 saturated carbocycles. The molecule has 0 aliphatic heterocycles. The van der Waals surface area contributed by atoms with Gasteiger partial charge >= 0.3 is 0 Å². The molecule has 0 bridgehead atoms. The van der Waals surface area contributed by atoms with E-state index in [0.29, 0.717) is 0 Å². The summed E-state index contributed by atoms with van der Waals surface area (Å²) < 4.78 is 2.62. The number of benzene rings is 3. The molecule has 2 aromatic heterocycles. The van der Waals surface area contributed by atoms with Crippen LogP contribution in [0.2, 0.25) is 0 Å². The van der Waals surface area contributed by atoms with Crippen molar-refractivity contribution in [1.82, 2.24) is 4.98 Å². The average molecular weight is 378 g/mol. The van der Waals surface area contributed by atoms with Crippen LogP contribution in [0, 0.1) is 0 Å². The maximum Gasteiger partial charge on any atom is 0.0460 e. The third-order valence-electron chi connectivity index (χ3n) is 5.06. The van der Waals surface area contributed by atoms with Crippen molar-refractivity contribution in [2.24, 2.45) is 0 Å². The van der Waals surface area contributed by atoms with Gasteiger partial charge in [-0.25, -0.2) is 0 Å². The Morgan fingerprint density at radius 2 is 1.61 bits per heavy atom. The number of fused-ring (bicyclic) bond motifs is 4. The SMILES string of the molecule is C=C(C=CC=Cc1c[nH]c2ccccc12)c1cccc2c1sc1ccccc12. The van der Waals surface area contributed by atoms with Crippen LogP contribution in [0.3, 0.4) is 0 Å². The predicted molar refractivity (Wildman–Crippen MR) is 125 cm³/mol. The van der Waals surface area contributed by atoms with E-state index in [1.165, 1.54) is 36.7 Å². The Balaban J connectivity index is 1.44. The fourth-order valence-electron chi connectivity index (χ4n) is 3.65. The first kappa shape index (κ1) is 16.8. The smallest absolute Gasteiger partial charge is 0.0460 e. The van der Waals surface area contributed by atoms with Gasteiger partial charge in [-0.15, -0.1) is 11.3 Å². The Morgan fingerprint density at radius 1 is 0.821 bits per heavy atom. The third kappa shape index (κ3) is 2.88. The zero-order chi connectivity index (χ0) is 18.9. The number of aromatic nitrogens is 1. The molecule has 5 rings (SSSR count). The number of thiophene rings is 1. The van der Waals surface area contributed by atoms with Crippen molar-refractivity contribution < 1.29 is 0 Å². The molecule has 0 aliphatic rings. The van der Waals surface area contributed by atoms with Crippen molar-refractivity contribution in [3.8, 4) is 0 Å². The van der Waals surface area contributed by atoms with Crippen molar-refractivity contribution in [1.29, 1.82) is 0 Å². The molecule has 0 saturated heterocycles. The highest BCUT2D eigenvalue weighted by atomic mass is 32.1. The lowest BCUT2D eigenvalue weighted by Crippen LogP contribution is -1.79. The molecule has 28 heavy (non-hydrogen) atoms. The van der Waals surface area contributed by atoms with E-state index in [1.807, 2.05) is 23.6 Å². The number of para-hydroxylation sites is 1. The number of rotatable bonds is 4. The van der Waals surface area contributed by atoms with Gasteiger partial charge in [-0.2, -0.15) is 0 Å². The summed E-state index contributed by atoms with van der Waals surface area (Å²) in [6, 6.07) is 23.4. The van der Waals surface area contributed by atoms with Crippen LogP contribution >= 0.6 is 11.3 Å². The Morgan fingerprint density at radius 3 is 2.54 bits per heavy atom. The lowest BCUT2D eigenvalue weighted by atomic mass is 10.0. The van der Waals surface area contributed by atoms with E-state index in [4.69, 9.17) is 0 Å². The summed E-state index contributed by atoms with van der Waals surface area (Å²) >= 11 is 1.84. The molecule has 134 valence electrons. The van der Waals surface area contributed by atoms with E-state index in [9.17, 15) is 0 Å². The van der Waals surface area contributed by atoms with Crippen molar-refractivity contribution in [2.45, 2.75) is 0 Å². The van der Waals surface area contributed by atoms with Crippen LogP contribution in [0.1, 0.15) is 11.1 Å². The summed E-state index contributed by atoms with van der Waals surface area (Å²) in [6.45, 7) is 4.31. The molecule has 0 aliphatic carbocycles. The van der Waals surface area contributed by atoms with Crippen LogP contribution in [0.5, 0.6) is 0 Å². The van der Waals surface area contributed by atoms with Gasteiger partial charge in [0.2, 0.25) is 0 Å². The number of hydrogen-bond acceptors (Lipinski definition) is 1. The lowest BCUT2D eigenvalue weighted by Gasteiger charge is -2.02. The predicted octanol–water partition coefficient (Wildman–Crippen LogP) is 7.82. The zero-order valence-corrected chi connectivity index (χ0v) is 16.2. The first-order valence-corrected chi connectivity index (χ1v) is 10.1. The second kappa shape index (κ2) is 6.99. The second-order valence-electron chi connectivity index (χ2n) is 6.81. The third-order valence-corrected chi connectivity index (χ3v) is 6.28. The molecular formula is C26H19NS. The fraction of sp³-hybridized carbons (Fsp3) is 0. The van der Waals surface area contributed by atoms with Gasteiger partial charge in [0, 0.05) is 37.3 Å². The van der Waals surface area contributed by atoms with Crippen molar-refractivity contribution in [3.63, 3.8) is 0 Å². The minimum atomic E-state index is 1.03. The van der Waals surface area contributed by atoms with Gasteiger partial charge in [0.25, 0.3) is 0 Å². The molecule has 2 heterocycles. The molecular weight excluding hydrogens is 358 g/mol. The van der Waals surface area contributed by atoms with E-state index in [-0.39, 0.29) is 0 Å². The number of aromatic amines is 1. The van der Waals surface area contributed by atoms with Crippen molar-refractivity contribution in [3.05, 3.63) is 109 Å². The Labute approximate surface area is 168 Å². The van der Waals surface area contributed by atoms with Gasteiger partial charge in [0.1, 0.15) is 0 Å². The quantitative estimate of drug-likeness (QED) is 0.307. The summed E-state index contributed by atoms with van der Waals surface area (Å²) in [4.78, 5) is 3.30. The normalized spacial score (nSPS) is 12.1. The Hall–Kier alpha value is -3.36. The van der Waals surface area contributed by atoms with Gasteiger partial charge in [0.05, 0.1) is 0 Å². The Kier molecular flexibility index (Phi) is 4.19. The van der Waals surface area contributed by atoms with Gasteiger partial charge < -0.3 is 4.98 Å². The van der Waals surface area contributed by atoms with Crippen LogP contribution in [0.15, 0.2) is 97.7 Å². The van der Waals surface area contributed by atoms with Crippen LogP contribution in [-0.2, 0) is 0 Å². The average Bonchev–Trinajstić information content (AvgIpc) is 3.32. The van der Waals surface area contributed by atoms with Crippen LogP contribution in [0.25, 0.3) is 42.7 Å². The highest BCUT2D eigenvalue weighted by Crippen LogP contribution is 2.37. The topological polar surface area (TPSA) is 15.8 Å². The highest BCUT2D eigenvalue weighted by molar-refractivity contribution is 7.26. The van der Waals surface area contributed by atoms with Gasteiger partial charge in [-0.1, -0.05) is 85.5 Å². The first-order valence-electron chi connectivity index (χ1n) is 9.32. The van der Waals surface area contributed by atoms with E-state index in [2.05, 4.69) is 96.5 Å². The molecule has 0 atom stereocenters. The van der Waals surface area contributed by atoms with E-state index in [1.54, 1.807) is 0 Å². The van der Waals surface area contributed by atoms with E-state index < -0.39 is 0 Å². The zero-order valence-electron chi connectivity index (χ0n) is 15.4. The summed E-state index contributed by atoms with van der Waals surface area (Å²) in [6.07, 6.45) is 10.4. The number of allylic oxidation sites excluding steroid dienone is 4. The molecule has 3 aromatic carbocycles. The summed E-state index contributed by atoms with van der Waals surface area (Å²) in [5.41, 5.74) is 4.58. The monoisotopic (exact) mass is 377 g/mol. The van der Waals surface area contributed by atoms with E-state index in [0.717, 1.165) is 11.1 Å². The Bertz CT molecular complexity index is 1380. The van der Waals surface area contributed by atoms with Gasteiger partial charge in [-0.3, -0.25) is 0 Å². The molecule has 2 heteroatoms. The van der Waals surface area contributed by atoms with Crippen LogP contribution < -0.4 is 0 Å². The number of nitrogens with one attached hydrogen (secondary N) is 1. The highest BCUT2D eigenvalue weighted by Gasteiger charge is 2.09. The molecule has 5 aromatic rings. The largest absolute Gasteiger partial charge is 0.361 e. The maximum atomic E-state index is 4.31. The first-order chi connectivity index (χ1) is 13.8. The summed E-state index contributed by atoms with van der Waals surface area (Å²) in [5.74, 6) is 0. The number of hydrogen-bond donors (Lipinski definition) is 1. The standard InChI is InChI=1S/C26H19NS/c1-18(9-2-3-10-19-17-27-24-15-6-4-11-21(19)24)20-13-8-14-23-22-12-5-7-16-25(22)28-26(20)23/h2-17,27H,1H2. The molecule has 0 spiro atoms. The molecule has 0 radical (unpaired) electrons. The molecule has 0 fully saturated rings. The maximum absolute atomic E-state index is 4.31. The molecule has 0 unspecified atom stereocenters.